The zero-order chi connectivity index (χ0) is 18.2. The van der Waals surface area contributed by atoms with Crippen molar-refractivity contribution in [1.82, 2.24) is 5.43 Å². The van der Waals surface area contributed by atoms with E-state index < -0.39 is 0 Å². The first-order valence-electron chi connectivity index (χ1n) is 8.96. The number of rotatable bonds is 6. The number of phenols is 1. The number of quaternary nitrogens is 1. The minimum atomic E-state index is -0.102. The Morgan fingerprint density at radius 3 is 2.54 bits per heavy atom. The van der Waals surface area contributed by atoms with Crippen molar-refractivity contribution in [2.45, 2.75) is 6.42 Å². The number of carbonyl (C=O) groups is 1. The fourth-order valence-corrected chi connectivity index (χ4v) is 3.09. The maximum absolute atomic E-state index is 11.9. The summed E-state index contributed by atoms with van der Waals surface area (Å²) in [6.07, 6.45) is 1.90. The third-order valence-corrected chi connectivity index (χ3v) is 4.63. The first-order valence-corrected chi connectivity index (χ1v) is 8.96. The second-order valence-corrected chi connectivity index (χ2v) is 6.42. The van der Waals surface area contributed by atoms with Gasteiger partial charge < -0.3 is 14.9 Å². The zero-order valence-corrected chi connectivity index (χ0v) is 14.8. The van der Waals surface area contributed by atoms with E-state index in [-0.39, 0.29) is 11.7 Å². The number of hydrogen-bond acceptors (Lipinski definition) is 4. The maximum Gasteiger partial charge on any atom is 0.245 e. The van der Waals surface area contributed by atoms with E-state index in [0.29, 0.717) is 12.0 Å². The van der Waals surface area contributed by atoms with Crippen molar-refractivity contribution in [2.24, 2.45) is 5.10 Å². The summed E-state index contributed by atoms with van der Waals surface area (Å²) in [7, 11) is 0. The molecule has 6 nitrogen and oxygen atoms in total. The lowest BCUT2D eigenvalue weighted by molar-refractivity contribution is -0.900. The minimum absolute atomic E-state index is 0.102. The molecule has 136 valence electrons. The fourth-order valence-electron chi connectivity index (χ4n) is 3.09. The van der Waals surface area contributed by atoms with Crippen molar-refractivity contribution >= 4 is 17.8 Å². The van der Waals surface area contributed by atoms with E-state index in [1.54, 1.807) is 24.3 Å². The number of amides is 1. The molecule has 1 fully saturated rings. The lowest BCUT2D eigenvalue weighted by atomic mass is 10.2. The number of carbonyl (C=O) groups excluding carboxylic acids is 1. The van der Waals surface area contributed by atoms with Gasteiger partial charge >= 0.3 is 0 Å². The van der Waals surface area contributed by atoms with Gasteiger partial charge in [0.1, 0.15) is 5.75 Å². The van der Waals surface area contributed by atoms with Gasteiger partial charge in [-0.1, -0.05) is 30.3 Å². The van der Waals surface area contributed by atoms with Gasteiger partial charge in [0, 0.05) is 11.3 Å². The number of phenolic OH excluding ortho intramolecular Hbond substituents is 1. The molecule has 26 heavy (non-hydrogen) atoms. The Morgan fingerprint density at radius 2 is 1.81 bits per heavy atom. The molecule has 2 aromatic carbocycles. The summed E-state index contributed by atoms with van der Waals surface area (Å²) in [6, 6.07) is 17.3. The molecular weight excluding hydrogens is 328 g/mol. The topological polar surface area (TPSA) is 69.4 Å². The SMILES string of the molecule is O=C(CC[NH+]1CCN(c2ccccc2)CC1)N/N=C/c1ccccc1O. The highest BCUT2D eigenvalue weighted by atomic mass is 16.3. The Hall–Kier alpha value is -2.86. The average Bonchev–Trinajstić information content (AvgIpc) is 2.69. The summed E-state index contributed by atoms with van der Waals surface area (Å²) in [5.41, 5.74) is 4.37. The van der Waals surface area contributed by atoms with Crippen LogP contribution in [0.5, 0.6) is 5.75 Å². The highest BCUT2D eigenvalue weighted by Gasteiger charge is 2.20. The summed E-state index contributed by atoms with van der Waals surface area (Å²) < 4.78 is 0. The van der Waals surface area contributed by atoms with Gasteiger partial charge in [0.2, 0.25) is 5.91 Å². The number of nitrogens with one attached hydrogen (secondary N) is 2. The third-order valence-electron chi connectivity index (χ3n) is 4.63. The molecule has 2 aromatic rings. The van der Waals surface area contributed by atoms with Crippen molar-refractivity contribution in [3.63, 3.8) is 0 Å². The van der Waals surface area contributed by atoms with Gasteiger partial charge in [0.15, 0.2) is 0 Å². The van der Waals surface area contributed by atoms with Crippen molar-refractivity contribution in [2.75, 3.05) is 37.6 Å². The van der Waals surface area contributed by atoms with Crippen LogP contribution >= 0.6 is 0 Å². The number of nitrogens with zero attached hydrogens (tertiary/aromatic N) is 2. The van der Waals surface area contributed by atoms with Gasteiger partial charge in [-0.3, -0.25) is 4.79 Å². The molecule has 1 heterocycles. The Bertz CT molecular complexity index is 740. The summed E-state index contributed by atoms with van der Waals surface area (Å²) in [5.74, 6) is 0.0425. The molecule has 0 aliphatic carbocycles. The quantitative estimate of drug-likeness (QED) is 0.527. The molecule has 0 aromatic heterocycles. The van der Waals surface area contributed by atoms with Crippen molar-refractivity contribution in [3.05, 3.63) is 60.2 Å². The molecule has 0 bridgehead atoms. The molecule has 0 spiro atoms. The molecule has 1 amide bonds. The second kappa shape index (κ2) is 9.01. The molecule has 0 saturated carbocycles. The van der Waals surface area contributed by atoms with E-state index in [1.807, 2.05) is 6.07 Å². The lowest BCUT2D eigenvalue weighted by Crippen LogP contribution is -3.15. The van der Waals surface area contributed by atoms with E-state index in [9.17, 15) is 9.90 Å². The molecule has 1 aliphatic heterocycles. The van der Waals surface area contributed by atoms with Crippen LogP contribution in [-0.2, 0) is 4.79 Å². The molecule has 0 atom stereocenters. The molecule has 3 N–H and O–H groups in total. The average molecular weight is 353 g/mol. The molecule has 0 unspecified atom stereocenters. The third kappa shape index (κ3) is 5.07. The van der Waals surface area contributed by atoms with E-state index >= 15 is 0 Å². The molecule has 3 rings (SSSR count). The number of piperazine rings is 1. The van der Waals surface area contributed by atoms with Gasteiger partial charge in [0.25, 0.3) is 0 Å². The second-order valence-electron chi connectivity index (χ2n) is 6.42. The largest absolute Gasteiger partial charge is 0.507 e. The molecule has 0 radical (unpaired) electrons. The number of hydrogen-bond donors (Lipinski definition) is 3. The summed E-state index contributed by atoms with van der Waals surface area (Å²) in [4.78, 5) is 15.8. The van der Waals surface area contributed by atoms with Crippen LogP contribution in [0.3, 0.4) is 0 Å². The number of para-hydroxylation sites is 2. The van der Waals surface area contributed by atoms with Gasteiger partial charge in [0.05, 0.1) is 45.4 Å². The van der Waals surface area contributed by atoms with Gasteiger partial charge in [-0.15, -0.1) is 0 Å². The number of aromatic hydroxyl groups is 1. The number of hydrazone groups is 1. The zero-order valence-electron chi connectivity index (χ0n) is 14.8. The van der Waals surface area contributed by atoms with E-state index in [4.69, 9.17) is 0 Å². The Labute approximate surface area is 153 Å². The van der Waals surface area contributed by atoms with Gasteiger partial charge in [-0.05, 0) is 24.3 Å². The highest BCUT2D eigenvalue weighted by molar-refractivity contribution is 5.84. The standard InChI is InChI=1S/C20H24N4O2/c25-19-9-5-4-6-17(19)16-21-22-20(26)10-11-23-12-14-24(15-13-23)18-7-2-1-3-8-18/h1-9,16,25H,10-15H2,(H,22,26)/p+1/b21-16+. The number of benzene rings is 2. The van der Waals surface area contributed by atoms with Gasteiger partial charge in [-0.2, -0.15) is 5.10 Å². The number of anilines is 1. The van der Waals surface area contributed by atoms with Crippen LogP contribution < -0.4 is 15.2 Å². The minimum Gasteiger partial charge on any atom is -0.507 e. The summed E-state index contributed by atoms with van der Waals surface area (Å²) >= 11 is 0. The van der Waals surface area contributed by atoms with Crippen LogP contribution in [0.1, 0.15) is 12.0 Å². The highest BCUT2D eigenvalue weighted by Crippen LogP contribution is 2.13. The van der Waals surface area contributed by atoms with Crippen molar-refractivity contribution < 1.29 is 14.8 Å². The molecule has 1 saturated heterocycles. The monoisotopic (exact) mass is 353 g/mol. The van der Waals surface area contributed by atoms with Crippen molar-refractivity contribution in [3.8, 4) is 5.75 Å². The summed E-state index contributed by atoms with van der Waals surface area (Å²) in [5, 5.41) is 13.6. The normalized spacial score (nSPS) is 15.3. The Morgan fingerprint density at radius 1 is 1.12 bits per heavy atom. The van der Waals surface area contributed by atoms with Gasteiger partial charge in [-0.25, -0.2) is 5.43 Å². The first-order chi connectivity index (χ1) is 12.7. The summed E-state index contributed by atoms with van der Waals surface area (Å²) in [6.45, 7) is 4.88. The van der Waals surface area contributed by atoms with Crippen LogP contribution in [0, 0.1) is 0 Å². The molecule has 1 aliphatic rings. The van der Waals surface area contributed by atoms with Crippen LogP contribution in [0.2, 0.25) is 0 Å². The maximum atomic E-state index is 11.9. The smallest absolute Gasteiger partial charge is 0.245 e. The molecular formula is C20H25N4O2+. The van der Waals surface area contributed by atoms with Crippen LogP contribution in [0.4, 0.5) is 5.69 Å². The fraction of sp³-hybridized carbons (Fsp3) is 0.300. The van der Waals surface area contributed by atoms with Crippen molar-refractivity contribution in [1.29, 1.82) is 0 Å². The Kier molecular flexibility index (Phi) is 6.22. The molecule has 6 heteroatoms. The van der Waals surface area contributed by atoms with Crippen LogP contribution in [0.15, 0.2) is 59.7 Å². The van der Waals surface area contributed by atoms with E-state index in [2.05, 4.69) is 39.7 Å². The first kappa shape index (κ1) is 17.9. The van der Waals surface area contributed by atoms with Crippen LogP contribution in [0.25, 0.3) is 0 Å². The lowest BCUT2D eigenvalue weighted by Gasteiger charge is -2.33. The van der Waals surface area contributed by atoms with Crippen LogP contribution in [-0.4, -0.2) is 50.0 Å². The predicted octanol–water partition coefficient (Wildman–Crippen LogP) is 0.638. The van der Waals surface area contributed by atoms with E-state index in [0.717, 1.165) is 32.7 Å². The Balaban J connectivity index is 1.37. The predicted molar refractivity (Wildman–Crippen MR) is 103 cm³/mol. The van der Waals surface area contributed by atoms with E-state index in [1.165, 1.54) is 16.8 Å².